The van der Waals surface area contributed by atoms with Gasteiger partial charge in [-0.1, -0.05) is 40.0 Å². The summed E-state index contributed by atoms with van der Waals surface area (Å²) in [6, 6.07) is 0.757. The molecule has 1 aliphatic carbocycles. The Morgan fingerprint density at radius 1 is 1.36 bits per heavy atom. The summed E-state index contributed by atoms with van der Waals surface area (Å²) in [5.41, 5.74) is 0. The van der Waals surface area contributed by atoms with Gasteiger partial charge in [-0.25, -0.2) is 0 Å². The van der Waals surface area contributed by atoms with E-state index in [-0.39, 0.29) is 0 Å². The van der Waals surface area contributed by atoms with Crippen LogP contribution in [0, 0.1) is 17.8 Å². The summed E-state index contributed by atoms with van der Waals surface area (Å²) in [6.07, 6.45) is 7.03. The second-order valence-electron chi connectivity index (χ2n) is 5.15. The van der Waals surface area contributed by atoms with Crippen LogP contribution in [0.25, 0.3) is 0 Å². The molecular weight excluding hydrogens is 170 g/mol. The first-order chi connectivity index (χ1) is 6.70. The van der Waals surface area contributed by atoms with E-state index in [9.17, 15) is 0 Å². The van der Waals surface area contributed by atoms with Crippen LogP contribution in [0.4, 0.5) is 0 Å². The van der Waals surface area contributed by atoms with Gasteiger partial charge in [-0.3, -0.25) is 0 Å². The van der Waals surface area contributed by atoms with Gasteiger partial charge >= 0.3 is 0 Å². The highest BCUT2D eigenvalue weighted by atomic mass is 14.9. The van der Waals surface area contributed by atoms with Crippen LogP contribution in [0.1, 0.15) is 52.9 Å². The predicted molar refractivity (Wildman–Crippen MR) is 63.4 cm³/mol. The molecule has 0 heterocycles. The third-order valence-electron chi connectivity index (χ3n) is 4.08. The van der Waals surface area contributed by atoms with E-state index in [1.807, 2.05) is 0 Å². The smallest absolute Gasteiger partial charge is 0.0120 e. The highest BCUT2D eigenvalue weighted by Crippen LogP contribution is 2.36. The molecule has 1 nitrogen and oxygen atoms in total. The van der Waals surface area contributed by atoms with Gasteiger partial charge in [0, 0.05) is 6.04 Å². The molecule has 0 spiro atoms. The van der Waals surface area contributed by atoms with Crippen molar-refractivity contribution in [3.63, 3.8) is 0 Å². The molecule has 0 aromatic rings. The van der Waals surface area contributed by atoms with E-state index < -0.39 is 0 Å². The van der Waals surface area contributed by atoms with Crippen LogP contribution in [0.15, 0.2) is 0 Å². The highest BCUT2D eigenvalue weighted by Gasteiger charge is 2.32. The minimum Gasteiger partial charge on any atom is -0.316 e. The average Bonchev–Trinajstić information content (AvgIpc) is 2.54. The molecule has 1 aliphatic rings. The molecule has 4 unspecified atom stereocenters. The van der Waals surface area contributed by atoms with Crippen LogP contribution in [-0.4, -0.2) is 13.1 Å². The standard InChI is InChI=1S/C13H27N/c1-5-7-11(3)13(14-4)12-9-6-8-10(12)2/h10-14H,5-9H2,1-4H3. The monoisotopic (exact) mass is 197 g/mol. The Hall–Kier alpha value is -0.0400. The molecule has 1 N–H and O–H groups in total. The second-order valence-corrected chi connectivity index (χ2v) is 5.15. The quantitative estimate of drug-likeness (QED) is 0.712. The van der Waals surface area contributed by atoms with Crippen molar-refractivity contribution in [3.8, 4) is 0 Å². The maximum atomic E-state index is 3.56. The first-order valence-corrected chi connectivity index (χ1v) is 6.38. The van der Waals surface area contributed by atoms with Crippen LogP contribution < -0.4 is 5.32 Å². The number of hydrogen-bond acceptors (Lipinski definition) is 1. The van der Waals surface area contributed by atoms with Gasteiger partial charge in [0.1, 0.15) is 0 Å². The average molecular weight is 197 g/mol. The van der Waals surface area contributed by atoms with Gasteiger partial charge in [0.2, 0.25) is 0 Å². The SMILES string of the molecule is CCCC(C)C(NC)C1CCCC1C. The zero-order valence-electron chi connectivity index (χ0n) is 10.3. The first kappa shape index (κ1) is 12.0. The van der Waals surface area contributed by atoms with Gasteiger partial charge in [-0.15, -0.1) is 0 Å². The Kier molecular flexibility index (Phi) is 4.94. The van der Waals surface area contributed by atoms with Crippen molar-refractivity contribution in [2.75, 3.05) is 7.05 Å². The molecule has 1 heteroatoms. The van der Waals surface area contributed by atoms with Gasteiger partial charge in [-0.05, 0) is 37.6 Å². The lowest BCUT2D eigenvalue weighted by atomic mass is 9.81. The van der Waals surface area contributed by atoms with Crippen LogP contribution in [0.3, 0.4) is 0 Å². The zero-order valence-corrected chi connectivity index (χ0v) is 10.3. The Balaban J connectivity index is 2.51. The van der Waals surface area contributed by atoms with Crippen molar-refractivity contribution in [3.05, 3.63) is 0 Å². The lowest BCUT2D eigenvalue weighted by Gasteiger charge is -2.31. The summed E-state index contributed by atoms with van der Waals surface area (Å²) < 4.78 is 0. The van der Waals surface area contributed by atoms with Gasteiger partial charge < -0.3 is 5.32 Å². The summed E-state index contributed by atoms with van der Waals surface area (Å²) in [5, 5.41) is 3.56. The van der Waals surface area contributed by atoms with Crippen LogP contribution >= 0.6 is 0 Å². The number of nitrogens with one attached hydrogen (secondary N) is 1. The van der Waals surface area contributed by atoms with Crippen molar-refractivity contribution in [1.29, 1.82) is 0 Å². The third kappa shape index (κ3) is 2.73. The van der Waals surface area contributed by atoms with Gasteiger partial charge in [0.25, 0.3) is 0 Å². The van der Waals surface area contributed by atoms with Gasteiger partial charge in [-0.2, -0.15) is 0 Å². The Morgan fingerprint density at radius 2 is 2.07 bits per heavy atom. The molecule has 0 aromatic heterocycles. The lowest BCUT2D eigenvalue weighted by molar-refractivity contribution is 0.233. The topological polar surface area (TPSA) is 12.0 Å². The third-order valence-corrected chi connectivity index (χ3v) is 4.08. The molecule has 1 rings (SSSR count). The predicted octanol–water partition coefficient (Wildman–Crippen LogP) is 3.45. The van der Waals surface area contributed by atoms with E-state index in [1.165, 1.54) is 32.1 Å². The summed E-state index contributed by atoms with van der Waals surface area (Å²) in [7, 11) is 2.14. The van der Waals surface area contributed by atoms with E-state index >= 15 is 0 Å². The fraction of sp³-hybridized carbons (Fsp3) is 1.00. The number of rotatable bonds is 5. The summed E-state index contributed by atoms with van der Waals surface area (Å²) in [5.74, 6) is 2.71. The maximum Gasteiger partial charge on any atom is 0.0120 e. The fourth-order valence-electron chi connectivity index (χ4n) is 3.26. The zero-order chi connectivity index (χ0) is 10.6. The molecular formula is C13H27N. The molecule has 0 aromatic carbocycles. The molecule has 0 radical (unpaired) electrons. The highest BCUT2D eigenvalue weighted by molar-refractivity contribution is 4.86. The molecule has 14 heavy (non-hydrogen) atoms. The summed E-state index contributed by atoms with van der Waals surface area (Å²) in [4.78, 5) is 0. The minimum absolute atomic E-state index is 0.757. The van der Waals surface area contributed by atoms with Crippen LogP contribution in [0.5, 0.6) is 0 Å². The second kappa shape index (κ2) is 5.75. The summed E-state index contributed by atoms with van der Waals surface area (Å²) in [6.45, 7) is 7.14. The molecule has 1 fully saturated rings. The Bertz CT molecular complexity index is 155. The Labute approximate surface area is 89.7 Å². The minimum atomic E-state index is 0.757. The number of hydrogen-bond donors (Lipinski definition) is 1. The van der Waals surface area contributed by atoms with E-state index in [1.54, 1.807) is 0 Å². The molecule has 84 valence electrons. The molecule has 4 atom stereocenters. The van der Waals surface area contributed by atoms with Crippen molar-refractivity contribution in [1.82, 2.24) is 5.32 Å². The van der Waals surface area contributed by atoms with Gasteiger partial charge in [0.15, 0.2) is 0 Å². The van der Waals surface area contributed by atoms with Crippen molar-refractivity contribution >= 4 is 0 Å². The molecule has 0 amide bonds. The van der Waals surface area contributed by atoms with Crippen molar-refractivity contribution in [2.45, 2.75) is 58.9 Å². The van der Waals surface area contributed by atoms with Crippen LogP contribution in [0.2, 0.25) is 0 Å². The normalized spacial score (nSPS) is 31.7. The van der Waals surface area contributed by atoms with E-state index in [0.29, 0.717) is 0 Å². The van der Waals surface area contributed by atoms with E-state index in [2.05, 4.69) is 33.1 Å². The molecule has 0 bridgehead atoms. The van der Waals surface area contributed by atoms with Crippen molar-refractivity contribution < 1.29 is 0 Å². The fourth-order valence-corrected chi connectivity index (χ4v) is 3.26. The molecule has 1 saturated carbocycles. The van der Waals surface area contributed by atoms with E-state index in [4.69, 9.17) is 0 Å². The van der Waals surface area contributed by atoms with Crippen LogP contribution in [-0.2, 0) is 0 Å². The molecule has 0 aliphatic heterocycles. The Morgan fingerprint density at radius 3 is 2.50 bits per heavy atom. The van der Waals surface area contributed by atoms with Gasteiger partial charge in [0.05, 0.1) is 0 Å². The first-order valence-electron chi connectivity index (χ1n) is 6.38. The van der Waals surface area contributed by atoms with Crippen molar-refractivity contribution in [2.24, 2.45) is 17.8 Å². The lowest BCUT2D eigenvalue weighted by Crippen LogP contribution is -2.40. The maximum absolute atomic E-state index is 3.56. The largest absolute Gasteiger partial charge is 0.316 e. The molecule has 0 saturated heterocycles. The summed E-state index contributed by atoms with van der Waals surface area (Å²) >= 11 is 0. The van der Waals surface area contributed by atoms with E-state index in [0.717, 1.165) is 23.8 Å².